The Kier molecular flexibility index (Phi) is 6.83. The summed E-state index contributed by atoms with van der Waals surface area (Å²) in [5.41, 5.74) is 7.70. The Hall–Kier alpha value is -3.00. The molecule has 2 aromatic rings. The van der Waals surface area contributed by atoms with Crippen molar-refractivity contribution in [2.45, 2.75) is 65.0 Å². The Morgan fingerprint density at radius 3 is 2.31 bits per heavy atom. The van der Waals surface area contributed by atoms with Gasteiger partial charge in [-0.2, -0.15) is 0 Å². The standard InChI is InChI=1S/C24H30FN3O4/c1-5-19-20(23(26)31)14(3)21(27(19)4)22(30)24(32)28(15-6-9-17(29)10-7-15)16-8-11-18(25)13(2)12-16/h8,11-12,15,17,29H,5-7,9-10H2,1-4H3,(H2,26,31). The van der Waals surface area contributed by atoms with Crippen LogP contribution in [0.15, 0.2) is 18.2 Å². The molecule has 32 heavy (non-hydrogen) atoms. The number of primary amides is 1. The van der Waals surface area contributed by atoms with Crippen LogP contribution < -0.4 is 10.6 Å². The normalized spacial score (nSPS) is 18.4. The van der Waals surface area contributed by atoms with E-state index in [1.165, 1.54) is 17.0 Å². The summed E-state index contributed by atoms with van der Waals surface area (Å²) < 4.78 is 15.5. The lowest BCUT2D eigenvalue weighted by molar-refractivity contribution is -0.115. The zero-order valence-corrected chi connectivity index (χ0v) is 18.9. The topological polar surface area (TPSA) is 106 Å². The molecule has 1 fully saturated rings. The van der Waals surface area contributed by atoms with Crippen LogP contribution in [0.1, 0.15) is 70.3 Å². The lowest BCUT2D eigenvalue weighted by atomic mass is 9.91. The second kappa shape index (κ2) is 9.24. The molecule has 1 aliphatic carbocycles. The second-order valence-corrected chi connectivity index (χ2v) is 8.47. The van der Waals surface area contributed by atoms with Gasteiger partial charge in [-0.1, -0.05) is 6.92 Å². The van der Waals surface area contributed by atoms with Crippen molar-refractivity contribution in [2.24, 2.45) is 12.8 Å². The highest BCUT2D eigenvalue weighted by Gasteiger charge is 2.36. The molecular weight excluding hydrogens is 413 g/mol. The zero-order chi connectivity index (χ0) is 23.7. The Bertz CT molecular complexity index is 1070. The average molecular weight is 444 g/mol. The maximum Gasteiger partial charge on any atom is 0.301 e. The molecule has 0 bridgehead atoms. The van der Waals surface area contributed by atoms with Crippen LogP contribution in [0.5, 0.6) is 0 Å². The summed E-state index contributed by atoms with van der Waals surface area (Å²) in [5, 5.41) is 9.90. The lowest BCUT2D eigenvalue weighted by Crippen LogP contribution is -2.47. The van der Waals surface area contributed by atoms with E-state index >= 15 is 0 Å². The summed E-state index contributed by atoms with van der Waals surface area (Å²) in [6.45, 7) is 5.06. The van der Waals surface area contributed by atoms with E-state index in [-0.39, 0.29) is 17.3 Å². The molecule has 0 spiro atoms. The summed E-state index contributed by atoms with van der Waals surface area (Å²) in [6, 6.07) is 4.01. The fourth-order valence-electron chi connectivity index (χ4n) is 4.75. The molecule has 0 atom stereocenters. The van der Waals surface area contributed by atoms with E-state index in [2.05, 4.69) is 0 Å². The molecule has 1 saturated carbocycles. The van der Waals surface area contributed by atoms with Gasteiger partial charge in [-0.05, 0) is 75.3 Å². The Balaban J connectivity index is 2.08. The molecule has 3 N–H and O–H groups in total. The molecule has 1 heterocycles. The highest BCUT2D eigenvalue weighted by molar-refractivity contribution is 6.47. The van der Waals surface area contributed by atoms with Crippen molar-refractivity contribution in [3.8, 4) is 0 Å². The molecule has 7 nitrogen and oxygen atoms in total. The number of rotatable bonds is 6. The molecule has 3 rings (SSSR count). The fourth-order valence-corrected chi connectivity index (χ4v) is 4.75. The van der Waals surface area contributed by atoms with Crippen LogP contribution in [0.25, 0.3) is 0 Å². The maximum absolute atomic E-state index is 13.9. The SMILES string of the molecule is CCc1c(C(N)=O)c(C)c(C(=O)C(=O)N(c2ccc(F)c(C)c2)C2CCC(O)CC2)n1C. The first-order chi connectivity index (χ1) is 15.1. The number of aromatic nitrogens is 1. The first-order valence-electron chi connectivity index (χ1n) is 10.9. The summed E-state index contributed by atoms with van der Waals surface area (Å²) in [5.74, 6) is -2.54. The number of halogens is 1. The number of hydrogen-bond donors (Lipinski definition) is 2. The van der Waals surface area contributed by atoms with Gasteiger partial charge in [-0.3, -0.25) is 14.4 Å². The van der Waals surface area contributed by atoms with E-state index in [0.29, 0.717) is 54.6 Å². The Morgan fingerprint density at radius 1 is 1.19 bits per heavy atom. The third-order valence-electron chi connectivity index (χ3n) is 6.42. The highest BCUT2D eigenvalue weighted by atomic mass is 19.1. The van der Waals surface area contributed by atoms with Crippen LogP contribution >= 0.6 is 0 Å². The van der Waals surface area contributed by atoms with Gasteiger partial charge in [-0.25, -0.2) is 4.39 Å². The van der Waals surface area contributed by atoms with Gasteiger partial charge in [0, 0.05) is 24.5 Å². The molecule has 1 aromatic carbocycles. The van der Waals surface area contributed by atoms with Crippen molar-refractivity contribution in [2.75, 3.05) is 4.90 Å². The number of aliphatic hydroxyl groups is 1. The number of carbonyl (C=O) groups is 3. The minimum Gasteiger partial charge on any atom is -0.393 e. The van der Waals surface area contributed by atoms with Crippen molar-refractivity contribution >= 4 is 23.3 Å². The molecule has 2 amide bonds. The van der Waals surface area contributed by atoms with Crippen molar-refractivity contribution < 1.29 is 23.9 Å². The third-order valence-corrected chi connectivity index (χ3v) is 6.42. The van der Waals surface area contributed by atoms with Crippen molar-refractivity contribution in [3.05, 3.63) is 52.1 Å². The molecule has 0 saturated heterocycles. The second-order valence-electron chi connectivity index (χ2n) is 8.47. The highest BCUT2D eigenvalue weighted by Crippen LogP contribution is 2.31. The maximum atomic E-state index is 13.9. The predicted octanol–water partition coefficient (Wildman–Crippen LogP) is 2.96. The lowest BCUT2D eigenvalue weighted by Gasteiger charge is -2.35. The number of aliphatic hydroxyl groups excluding tert-OH is 1. The molecule has 172 valence electrons. The van der Waals surface area contributed by atoms with Gasteiger partial charge in [0.1, 0.15) is 5.82 Å². The summed E-state index contributed by atoms with van der Waals surface area (Å²) in [4.78, 5) is 40.5. The van der Waals surface area contributed by atoms with Crippen molar-refractivity contribution in [1.82, 2.24) is 4.57 Å². The summed E-state index contributed by atoms with van der Waals surface area (Å²) >= 11 is 0. The van der Waals surface area contributed by atoms with Gasteiger partial charge in [0.05, 0.1) is 17.4 Å². The van der Waals surface area contributed by atoms with Gasteiger partial charge in [0.15, 0.2) is 0 Å². The van der Waals surface area contributed by atoms with E-state index < -0.39 is 29.5 Å². The third kappa shape index (κ3) is 4.19. The smallest absolute Gasteiger partial charge is 0.301 e. The van der Waals surface area contributed by atoms with Crippen molar-refractivity contribution in [1.29, 1.82) is 0 Å². The van der Waals surface area contributed by atoms with Crippen LogP contribution in [-0.4, -0.2) is 39.4 Å². The van der Waals surface area contributed by atoms with Crippen molar-refractivity contribution in [3.63, 3.8) is 0 Å². The number of hydrogen-bond acceptors (Lipinski definition) is 4. The monoisotopic (exact) mass is 443 g/mol. The molecule has 0 radical (unpaired) electrons. The minimum atomic E-state index is -0.750. The van der Waals surface area contributed by atoms with E-state index in [0.717, 1.165) is 0 Å². The molecule has 0 aliphatic heterocycles. The van der Waals surface area contributed by atoms with Crippen LogP contribution in [0.4, 0.5) is 10.1 Å². The Morgan fingerprint density at radius 2 is 1.81 bits per heavy atom. The average Bonchev–Trinajstić information content (AvgIpc) is 3.01. The van der Waals surface area contributed by atoms with Gasteiger partial charge < -0.3 is 20.3 Å². The van der Waals surface area contributed by atoms with Crippen LogP contribution in [-0.2, 0) is 18.3 Å². The van der Waals surface area contributed by atoms with Crippen LogP contribution in [0.2, 0.25) is 0 Å². The number of benzene rings is 1. The Labute approximate surface area is 187 Å². The molecule has 8 heteroatoms. The summed E-state index contributed by atoms with van der Waals surface area (Å²) in [7, 11) is 1.64. The van der Waals surface area contributed by atoms with Gasteiger partial charge in [0.2, 0.25) is 0 Å². The largest absolute Gasteiger partial charge is 0.393 e. The molecule has 1 aliphatic rings. The number of nitrogens with zero attached hydrogens (tertiary/aromatic N) is 2. The number of ketones is 1. The van der Waals surface area contributed by atoms with E-state index in [1.54, 1.807) is 31.5 Å². The first-order valence-corrected chi connectivity index (χ1v) is 10.9. The van der Waals surface area contributed by atoms with E-state index in [9.17, 15) is 23.9 Å². The first kappa shape index (κ1) is 23.7. The van der Waals surface area contributed by atoms with Crippen LogP contribution in [0, 0.1) is 19.7 Å². The van der Waals surface area contributed by atoms with E-state index in [4.69, 9.17) is 5.73 Å². The summed E-state index contributed by atoms with van der Waals surface area (Å²) in [6.07, 6.45) is 2.10. The van der Waals surface area contributed by atoms with Crippen LogP contribution in [0.3, 0.4) is 0 Å². The number of carbonyl (C=O) groups excluding carboxylic acids is 3. The quantitative estimate of drug-likeness (QED) is 0.529. The number of Topliss-reactive ketones (excluding diaryl/α,β-unsaturated/α-hetero) is 1. The fraction of sp³-hybridized carbons (Fsp3) is 0.458. The zero-order valence-electron chi connectivity index (χ0n) is 18.9. The van der Waals surface area contributed by atoms with E-state index in [1.807, 2.05) is 6.92 Å². The molecule has 1 aromatic heterocycles. The molecular formula is C24H30FN3O4. The number of amides is 2. The minimum absolute atomic E-state index is 0.125. The predicted molar refractivity (Wildman–Crippen MR) is 119 cm³/mol. The number of anilines is 1. The van der Waals surface area contributed by atoms with Gasteiger partial charge in [0.25, 0.3) is 11.7 Å². The van der Waals surface area contributed by atoms with Gasteiger partial charge >= 0.3 is 5.91 Å². The molecule has 0 unspecified atom stereocenters. The number of nitrogens with two attached hydrogens (primary N) is 1. The van der Waals surface area contributed by atoms with Gasteiger partial charge in [-0.15, -0.1) is 0 Å². The number of aryl methyl sites for hydroxylation is 1.